The predicted octanol–water partition coefficient (Wildman–Crippen LogP) is 1.70. The summed E-state index contributed by atoms with van der Waals surface area (Å²) in [5, 5.41) is 2.77. The highest BCUT2D eigenvalue weighted by Crippen LogP contribution is 2.09. The van der Waals surface area contributed by atoms with Gasteiger partial charge in [-0.25, -0.2) is 4.99 Å². The van der Waals surface area contributed by atoms with E-state index in [0.29, 0.717) is 5.69 Å². The Labute approximate surface area is 143 Å². The second-order valence-corrected chi connectivity index (χ2v) is 4.68. The van der Waals surface area contributed by atoms with Crippen LogP contribution < -0.4 is 5.32 Å². The first-order valence-electron chi connectivity index (χ1n) is 6.19. The van der Waals surface area contributed by atoms with Crippen LogP contribution in [0.3, 0.4) is 0 Å². The number of aliphatic imine (C=N–C) groups is 1. The van der Waals surface area contributed by atoms with Crippen molar-refractivity contribution in [2.24, 2.45) is 4.99 Å². The van der Waals surface area contributed by atoms with E-state index in [0.717, 1.165) is 11.5 Å². The lowest BCUT2D eigenvalue weighted by Crippen LogP contribution is -2.36. The Morgan fingerprint density at radius 1 is 1.29 bits per heavy atom. The molecule has 0 saturated heterocycles. The highest BCUT2D eigenvalue weighted by molar-refractivity contribution is 14.0. The van der Waals surface area contributed by atoms with Crippen molar-refractivity contribution in [2.45, 2.75) is 0 Å². The van der Waals surface area contributed by atoms with E-state index in [1.54, 1.807) is 18.2 Å². The fraction of sp³-hybridized carbons (Fsp3) is 0.333. The van der Waals surface area contributed by atoms with Gasteiger partial charge in [0.1, 0.15) is 6.54 Å². The lowest BCUT2D eigenvalue weighted by molar-refractivity contribution is -0.114. The topological polar surface area (TPSA) is 47.9 Å². The third-order valence-electron chi connectivity index (χ3n) is 2.48. The summed E-state index contributed by atoms with van der Waals surface area (Å²) in [6.07, 6.45) is 5.32. The molecule has 0 heterocycles. The number of terminal acetylenes is 1. The van der Waals surface area contributed by atoms with Gasteiger partial charge in [-0.05, 0) is 18.2 Å². The quantitative estimate of drug-likeness (QED) is 0.364. The Bertz CT molecular complexity index is 537. The van der Waals surface area contributed by atoms with E-state index in [4.69, 9.17) is 6.42 Å². The van der Waals surface area contributed by atoms with Crippen LogP contribution in [0.2, 0.25) is 0 Å². The molecule has 0 bridgehead atoms. The van der Waals surface area contributed by atoms with Gasteiger partial charge >= 0.3 is 0 Å². The van der Waals surface area contributed by atoms with Crippen LogP contribution in [0.15, 0.2) is 29.3 Å². The smallest absolute Gasteiger partial charge is 0.246 e. The number of halogens is 1. The molecule has 6 heteroatoms. The van der Waals surface area contributed by atoms with Gasteiger partial charge in [-0.2, -0.15) is 0 Å². The molecule has 21 heavy (non-hydrogen) atoms. The molecule has 0 aliphatic heterocycles. The Morgan fingerprint density at radius 2 is 1.90 bits per heavy atom. The first kappa shape index (κ1) is 19.2. The number of guanidine groups is 1. The van der Waals surface area contributed by atoms with Crippen LogP contribution >= 0.6 is 24.0 Å². The van der Waals surface area contributed by atoms with Crippen molar-refractivity contribution in [3.63, 3.8) is 0 Å². The van der Waals surface area contributed by atoms with Crippen LogP contribution in [0.1, 0.15) is 5.56 Å². The third-order valence-corrected chi connectivity index (χ3v) is 2.48. The normalized spacial score (nSPS) is 8.90. The zero-order chi connectivity index (χ0) is 15.1. The number of rotatable bonds is 3. The minimum absolute atomic E-state index is 0. The molecule has 1 rings (SSSR count). The zero-order valence-electron chi connectivity index (χ0n) is 12.8. The number of hydrogen-bond donors (Lipinski definition) is 1. The minimum atomic E-state index is -0.180. The Morgan fingerprint density at radius 3 is 2.43 bits per heavy atom. The van der Waals surface area contributed by atoms with Gasteiger partial charge < -0.3 is 15.1 Å². The fourth-order valence-electron chi connectivity index (χ4n) is 1.71. The molecule has 1 amide bonds. The van der Waals surface area contributed by atoms with Crippen LogP contribution in [0, 0.1) is 12.3 Å². The first-order valence-corrected chi connectivity index (χ1v) is 6.19. The van der Waals surface area contributed by atoms with Gasteiger partial charge in [0.25, 0.3) is 0 Å². The van der Waals surface area contributed by atoms with Crippen LogP contribution in [0.4, 0.5) is 5.69 Å². The number of amides is 1. The number of carbonyl (C=O) groups is 1. The Balaban J connectivity index is 0.00000400. The lowest BCUT2D eigenvalue weighted by atomic mass is 10.2. The van der Waals surface area contributed by atoms with E-state index in [1.807, 2.05) is 44.1 Å². The molecule has 0 atom stereocenters. The zero-order valence-corrected chi connectivity index (χ0v) is 15.1. The summed E-state index contributed by atoms with van der Waals surface area (Å²) in [4.78, 5) is 19.8. The molecule has 1 aromatic rings. The summed E-state index contributed by atoms with van der Waals surface area (Å²) in [5.41, 5.74) is 1.41. The number of benzene rings is 1. The molecular weight excluding hydrogens is 379 g/mol. The van der Waals surface area contributed by atoms with Gasteiger partial charge in [0.05, 0.1) is 0 Å². The van der Waals surface area contributed by atoms with Gasteiger partial charge in [0.15, 0.2) is 5.96 Å². The Hall–Kier alpha value is -1.75. The highest BCUT2D eigenvalue weighted by Gasteiger charge is 2.06. The average molecular weight is 400 g/mol. The maximum atomic E-state index is 11.9. The monoisotopic (exact) mass is 400 g/mol. The number of nitrogens with zero attached hydrogens (tertiary/aromatic N) is 3. The second kappa shape index (κ2) is 9.23. The van der Waals surface area contributed by atoms with Crippen molar-refractivity contribution in [3.05, 3.63) is 29.8 Å². The summed E-state index contributed by atoms with van der Waals surface area (Å²) in [6.45, 7) is 0.0615. The summed E-state index contributed by atoms with van der Waals surface area (Å²) < 4.78 is 0. The van der Waals surface area contributed by atoms with Crippen LogP contribution in [-0.2, 0) is 4.79 Å². The molecule has 0 spiro atoms. The molecule has 5 nitrogen and oxygen atoms in total. The lowest BCUT2D eigenvalue weighted by Gasteiger charge is -2.22. The van der Waals surface area contributed by atoms with Crippen molar-refractivity contribution < 1.29 is 4.79 Å². The van der Waals surface area contributed by atoms with Crippen molar-refractivity contribution in [1.29, 1.82) is 0 Å². The van der Waals surface area contributed by atoms with Crippen molar-refractivity contribution in [1.82, 2.24) is 9.80 Å². The molecule has 0 unspecified atom stereocenters. The van der Waals surface area contributed by atoms with Gasteiger partial charge in [0.2, 0.25) is 5.91 Å². The van der Waals surface area contributed by atoms with Crippen molar-refractivity contribution in [3.8, 4) is 12.3 Å². The average Bonchev–Trinajstić information content (AvgIpc) is 2.38. The molecule has 0 radical (unpaired) electrons. The molecule has 0 fully saturated rings. The molecule has 0 saturated carbocycles. The molecule has 0 aromatic heterocycles. The van der Waals surface area contributed by atoms with Crippen LogP contribution in [-0.4, -0.2) is 56.4 Å². The fourth-order valence-corrected chi connectivity index (χ4v) is 1.71. The third kappa shape index (κ3) is 6.49. The molecule has 1 aromatic carbocycles. The van der Waals surface area contributed by atoms with Gasteiger partial charge in [-0.15, -0.1) is 30.4 Å². The molecule has 0 aliphatic rings. The summed E-state index contributed by atoms with van der Waals surface area (Å²) >= 11 is 0. The van der Waals surface area contributed by atoms with Gasteiger partial charge in [-0.1, -0.05) is 12.0 Å². The van der Waals surface area contributed by atoms with Crippen molar-refractivity contribution in [2.75, 3.05) is 40.1 Å². The van der Waals surface area contributed by atoms with Gasteiger partial charge in [-0.3, -0.25) is 4.79 Å². The van der Waals surface area contributed by atoms with E-state index in [2.05, 4.69) is 16.2 Å². The number of anilines is 1. The summed E-state index contributed by atoms with van der Waals surface area (Å²) in [7, 11) is 7.53. The molecule has 1 N–H and O–H groups in total. The van der Waals surface area contributed by atoms with Gasteiger partial charge in [0, 0.05) is 39.4 Å². The van der Waals surface area contributed by atoms with Crippen LogP contribution in [0.25, 0.3) is 0 Å². The molecular formula is C15H21IN4O. The van der Waals surface area contributed by atoms with Crippen molar-refractivity contribution >= 4 is 41.5 Å². The maximum Gasteiger partial charge on any atom is 0.246 e. The first-order chi connectivity index (χ1) is 9.43. The number of hydrogen-bond acceptors (Lipinski definition) is 2. The van der Waals surface area contributed by atoms with E-state index in [-0.39, 0.29) is 36.4 Å². The van der Waals surface area contributed by atoms with E-state index in [9.17, 15) is 4.79 Å². The molecule has 114 valence electrons. The summed E-state index contributed by atoms with van der Waals surface area (Å²) in [5.74, 6) is 3.08. The second-order valence-electron chi connectivity index (χ2n) is 4.68. The number of carbonyl (C=O) groups excluding carboxylic acids is 1. The summed E-state index contributed by atoms with van der Waals surface area (Å²) in [6, 6.07) is 7.16. The molecule has 0 aliphatic carbocycles. The SMILES string of the molecule is C#Cc1cccc(NC(=O)CN=C(N(C)C)N(C)C)c1.I. The number of nitrogens with one attached hydrogen (secondary N) is 1. The highest BCUT2D eigenvalue weighted by atomic mass is 127. The minimum Gasteiger partial charge on any atom is -0.349 e. The maximum absolute atomic E-state index is 11.9. The van der Waals surface area contributed by atoms with E-state index < -0.39 is 0 Å². The largest absolute Gasteiger partial charge is 0.349 e. The van der Waals surface area contributed by atoms with Crippen LogP contribution in [0.5, 0.6) is 0 Å². The van der Waals surface area contributed by atoms with E-state index in [1.165, 1.54) is 0 Å². The van der Waals surface area contributed by atoms with E-state index >= 15 is 0 Å². The standard InChI is InChI=1S/C15H20N4O.HI/c1-6-12-8-7-9-13(10-12)17-14(20)11-16-15(18(2)3)19(4)5;/h1,7-10H,11H2,2-5H3,(H,17,20);1H. The predicted molar refractivity (Wildman–Crippen MR) is 98.1 cm³/mol. The Kier molecular flexibility index (Phi) is 8.47.